The van der Waals surface area contributed by atoms with Crippen LogP contribution in [0, 0.1) is 6.92 Å². The third-order valence-electron chi connectivity index (χ3n) is 8.24. The van der Waals surface area contributed by atoms with E-state index in [0.29, 0.717) is 54.3 Å². The Morgan fingerprint density at radius 3 is 2.33 bits per heavy atom. The van der Waals surface area contributed by atoms with E-state index in [0.717, 1.165) is 29.7 Å². The molecule has 0 amide bonds. The molecule has 49 heavy (non-hydrogen) atoms. The van der Waals surface area contributed by atoms with E-state index in [9.17, 15) is 19.2 Å². The summed E-state index contributed by atoms with van der Waals surface area (Å²) in [7, 11) is 0. The maximum absolute atomic E-state index is 11.3. The zero-order valence-corrected chi connectivity index (χ0v) is 29.1. The van der Waals surface area contributed by atoms with Crippen molar-refractivity contribution in [1.82, 2.24) is 10.1 Å². The number of ether oxygens (including phenoxy) is 1. The molecule has 1 aliphatic heterocycles. The number of aryl methyl sites for hydroxylation is 1. The lowest BCUT2D eigenvalue weighted by Crippen LogP contribution is -2.60. The second-order valence-electron chi connectivity index (χ2n) is 11.8. The molecule has 14 heteroatoms. The van der Waals surface area contributed by atoms with Crippen molar-refractivity contribution >= 4 is 57.7 Å². The summed E-state index contributed by atoms with van der Waals surface area (Å²) in [5.41, 5.74) is 2.51. The van der Waals surface area contributed by atoms with Gasteiger partial charge in [0.1, 0.15) is 35.2 Å². The Hall–Kier alpha value is -3.97. The molecule has 3 N–H and O–H groups in total. The molecule has 0 bridgehead atoms. The number of hydrogen-bond donors (Lipinski definition) is 3. The van der Waals surface area contributed by atoms with E-state index in [4.69, 9.17) is 48.6 Å². The van der Waals surface area contributed by atoms with E-state index in [1.807, 2.05) is 19.1 Å². The van der Waals surface area contributed by atoms with Crippen LogP contribution in [0.4, 0.5) is 5.82 Å². The van der Waals surface area contributed by atoms with Crippen molar-refractivity contribution in [2.24, 2.45) is 0 Å². The van der Waals surface area contributed by atoms with Crippen molar-refractivity contribution in [3.05, 3.63) is 122 Å². The number of anilines is 1. The fourth-order valence-electron chi connectivity index (χ4n) is 5.46. The van der Waals surface area contributed by atoms with Crippen molar-refractivity contribution in [1.29, 1.82) is 0 Å². The van der Waals surface area contributed by atoms with Gasteiger partial charge in [-0.3, -0.25) is 0 Å². The predicted molar refractivity (Wildman–Crippen MR) is 187 cm³/mol. The number of carboxylic acid groups (broad SMARTS) is 1. The Balaban J connectivity index is 0.000000359. The molecule has 254 valence electrons. The van der Waals surface area contributed by atoms with Gasteiger partial charge >= 0.3 is 5.97 Å². The summed E-state index contributed by atoms with van der Waals surface area (Å²) in [6.07, 6.45) is 3.47. The Labute approximate surface area is 299 Å². The highest BCUT2D eigenvalue weighted by atomic mass is 35.5. The SMILES string of the molecule is Cc1ccc(S(=O)O)cc1.O=C(O)c1ccnc(N2CC(O)(c3ccc(OCc4c(-c5c(Cl)cccc5Cl)noc4C4CC4)cc3Cl)C2)c1. The zero-order valence-electron chi connectivity index (χ0n) is 26.0. The molecule has 1 atom stereocenters. The number of β-amino-alcohol motifs (C(OH)–C–C–N with tert-alkyl or cyclic N) is 1. The average molecular weight is 743 g/mol. The van der Waals surface area contributed by atoms with E-state index >= 15 is 0 Å². The average Bonchev–Trinajstić information content (AvgIpc) is 3.82. The quantitative estimate of drug-likeness (QED) is 0.127. The van der Waals surface area contributed by atoms with E-state index in [-0.39, 0.29) is 25.3 Å². The van der Waals surface area contributed by atoms with Gasteiger partial charge in [0.2, 0.25) is 0 Å². The van der Waals surface area contributed by atoms with Gasteiger partial charge in [-0.25, -0.2) is 14.0 Å². The lowest BCUT2D eigenvalue weighted by Gasteiger charge is -2.47. The number of carbonyl (C=O) groups is 1. The summed E-state index contributed by atoms with van der Waals surface area (Å²) < 4.78 is 30.8. The van der Waals surface area contributed by atoms with Gasteiger partial charge in [-0.1, -0.05) is 69.8 Å². The van der Waals surface area contributed by atoms with E-state index in [1.165, 1.54) is 18.3 Å². The first-order chi connectivity index (χ1) is 23.4. The molecule has 7 rings (SSSR count). The zero-order chi connectivity index (χ0) is 34.9. The molecule has 1 saturated heterocycles. The van der Waals surface area contributed by atoms with Gasteiger partial charge < -0.3 is 28.9 Å². The van der Waals surface area contributed by atoms with Crippen LogP contribution in [0.25, 0.3) is 11.3 Å². The second kappa shape index (κ2) is 14.5. The number of aliphatic hydroxyl groups is 1. The summed E-state index contributed by atoms with van der Waals surface area (Å²) in [5.74, 6) is 1.01. The van der Waals surface area contributed by atoms with Gasteiger partial charge in [0, 0.05) is 23.2 Å². The molecule has 2 aliphatic rings. The highest BCUT2D eigenvalue weighted by Crippen LogP contribution is 2.46. The molecule has 3 heterocycles. The number of nitrogens with zero attached hydrogens (tertiary/aromatic N) is 3. The van der Waals surface area contributed by atoms with Crippen LogP contribution in [0.2, 0.25) is 15.1 Å². The van der Waals surface area contributed by atoms with Crippen LogP contribution < -0.4 is 9.64 Å². The Kier molecular flexibility index (Phi) is 10.3. The highest BCUT2D eigenvalue weighted by molar-refractivity contribution is 7.79. The van der Waals surface area contributed by atoms with Crippen LogP contribution in [-0.4, -0.2) is 48.2 Å². The monoisotopic (exact) mass is 741 g/mol. The standard InChI is InChI=1S/C28H22Cl3N3O5.C7H8O2S/c29-20-2-1-3-21(30)24(20)25-18(26(39-33-25)15-4-5-15)12-38-17-6-7-19(22(31)11-17)28(37)13-34(14-28)23-10-16(27(35)36)8-9-32-23;1-6-2-4-7(5-3-6)10(8)9/h1-3,6-11,15,37H,4-5,12-14H2,(H,35,36);2-5H,1H3,(H,8,9). The third kappa shape index (κ3) is 7.77. The molecular formula is C35H30Cl3N3O7S. The molecular weight excluding hydrogens is 713 g/mol. The van der Waals surface area contributed by atoms with Crippen LogP contribution in [-0.2, 0) is 23.3 Å². The Bertz CT molecular complexity index is 2010. The Morgan fingerprint density at radius 1 is 1.02 bits per heavy atom. The minimum Gasteiger partial charge on any atom is -0.489 e. The molecule has 0 radical (unpaired) electrons. The number of hydrogen-bond acceptors (Lipinski definition) is 8. The lowest BCUT2D eigenvalue weighted by molar-refractivity contribution is 0.00712. The maximum atomic E-state index is 11.3. The summed E-state index contributed by atoms with van der Waals surface area (Å²) in [6.45, 7) is 2.54. The first kappa shape index (κ1) is 34.9. The largest absolute Gasteiger partial charge is 0.489 e. The highest BCUT2D eigenvalue weighted by Gasteiger charge is 2.45. The number of benzene rings is 3. The minimum atomic E-state index is -1.84. The van der Waals surface area contributed by atoms with Crippen molar-refractivity contribution in [2.75, 3.05) is 18.0 Å². The molecule has 2 fully saturated rings. The van der Waals surface area contributed by atoms with Crippen molar-refractivity contribution < 1.29 is 33.0 Å². The van der Waals surface area contributed by atoms with E-state index in [2.05, 4.69) is 10.1 Å². The molecule has 10 nitrogen and oxygen atoms in total. The minimum absolute atomic E-state index is 0.132. The van der Waals surface area contributed by atoms with Crippen molar-refractivity contribution in [2.45, 2.75) is 42.8 Å². The first-order valence-electron chi connectivity index (χ1n) is 15.1. The van der Waals surface area contributed by atoms with Crippen LogP contribution >= 0.6 is 34.8 Å². The normalized spacial score (nSPS) is 15.5. The van der Waals surface area contributed by atoms with E-state index in [1.54, 1.807) is 53.4 Å². The molecule has 5 aromatic rings. The first-order valence-corrected chi connectivity index (χ1v) is 17.4. The molecule has 2 aromatic heterocycles. The predicted octanol–water partition coefficient (Wildman–Crippen LogP) is 8.13. The summed E-state index contributed by atoms with van der Waals surface area (Å²) >= 11 is 17.6. The van der Waals surface area contributed by atoms with Gasteiger partial charge in [-0.15, -0.1) is 0 Å². The smallest absolute Gasteiger partial charge is 0.335 e. The maximum Gasteiger partial charge on any atom is 0.335 e. The number of rotatable bonds is 9. The van der Waals surface area contributed by atoms with Gasteiger partial charge in [-0.05, 0) is 68.3 Å². The third-order valence-corrected chi connectivity index (χ3v) is 9.85. The lowest BCUT2D eigenvalue weighted by atomic mass is 9.86. The topological polar surface area (TPSA) is 146 Å². The number of pyridine rings is 1. The van der Waals surface area contributed by atoms with Crippen LogP contribution in [0.1, 0.15) is 51.6 Å². The molecule has 3 aromatic carbocycles. The van der Waals surface area contributed by atoms with Crippen LogP contribution in [0.5, 0.6) is 5.75 Å². The van der Waals surface area contributed by atoms with Gasteiger partial charge in [-0.2, -0.15) is 0 Å². The molecule has 1 aliphatic carbocycles. The number of aromatic nitrogens is 2. The summed E-state index contributed by atoms with van der Waals surface area (Å²) in [4.78, 5) is 17.7. The van der Waals surface area contributed by atoms with Crippen LogP contribution in [0.3, 0.4) is 0 Å². The molecule has 1 unspecified atom stereocenters. The van der Waals surface area contributed by atoms with Gasteiger partial charge in [0.05, 0.1) is 44.2 Å². The van der Waals surface area contributed by atoms with Crippen molar-refractivity contribution in [3.8, 4) is 17.0 Å². The van der Waals surface area contributed by atoms with E-state index < -0.39 is 22.7 Å². The van der Waals surface area contributed by atoms with Crippen LogP contribution in [0.15, 0.2) is 88.4 Å². The Morgan fingerprint density at radius 2 is 1.71 bits per heavy atom. The molecule has 0 spiro atoms. The summed E-state index contributed by atoms with van der Waals surface area (Å²) in [6, 6.07) is 20.2. The number of carboxylic acids is 1. The fourth-order valence-corrected chi connectivity index (χ4v) is 6.76. The fraction of sp³-hybridized carbons (Fsp3) is 0.229. The molecule has 1 saturated carbocycles. The summed E-state index contributed by atoms with van der Waals surface area (Å²) in [5, 5.41) is 26.0. The number of aromatic carboxylic acids is 1. The second-order valence-corrected chi connectivity index (χ2v) is 14.0. The number of halogens is 3. The van der Waals surface area contributed by atoms with Crippen molar-refractivity contribution in [3.63, 3.8) is 0 Å². The van der Waals surface area contributed by atoms with Gasteiger partial charge in [0.15, 0.2) is 11.1 Å². The van der Waals surface area contributed by atoms with Gasteiger partial charge in [0.25, 0.3) is 0 Å².